The maximum Gasteiger partial charge on any atom is 0.416 e. The topological polar surface area (TPSA) is 144 Å². The number of nitrogens with zero attached hydrogens (tertiary/aromatic N) is 6. The smallest absolute Gasteiger partial charge is 0.416 e. The molecule has 50 heavy (non-hydrogen) atoms. The summed E-state index contributed by atoms with van der Waals surface area (Å²) in [6.45, 7) is 1.93. The molecule has 0 atom stereocenters. The number of hydrogen-bond acceptors (Lipinski definition) is 8. The normalized spacial score (nSPS) is 15.4. The Balaban J connectivity index is 1.26. The quantitative estimate of drug-likeness (QED) is 0.245. The van der Waals surface area contributed by atoms with Crippen LogP contribution in [-0.4, -0.2) is 59.1 Å². The Morgan fingerprint density at radius 2 is 1.84 bits per heavy atom. The standard InChI is InChI=1S/C34H29ClF3N7O5/c1-2-19-5-7-20(8-6-19)29-41-32-44(17-26(47)40-23-10-9-21(16-22(23)35)34(36,37)38)24-18-50-33(27(24)30(48)45(32)42-29)11-14-43(15-12-33)31(49)28-25(46)4-3-13-39-28/h3-10,13,16,46H,2,11-12,14-15,17-18H2,1H3,(H,40,47). The molecular weight excluding hydrogens is 679 g/mol. The van der Waals surface area contributed by atoms with Gasteiger partial charge in [-0.15, -0.1) is 5.10 Å². The molecule has 5 heterocycles. The summed E-state index contributed by atoms with van der Waals surface area (Å²) in [4.78, 5) is 51.1. The van der Waals surface area contributed by atoms with Gasteiger partial charge in [0, 0.05) is 24.8 Å². The molecule has 0 aliphatic carbocycles. The van der Waals surface area contributed by atoms with Gasteiger partial charge in [-0.3, -0.25) is 14.4 Å². The zero-order valence-corrected chi connectivity index (χ0v) is 27.3. The molecule has 2 N–H and O–H groups in total. The summed E-state index contributed by atoms with van der Waals surface area (Å²) in [7, 11) is 0. The van der Waals surface area contributed by atoms with Gasteiger partial charge in [0.05, 0.1) is 34.1 Å². The highest BCUT2D eigenvalue weighted by molar-refractivity contribution is 6.33. The van der Waals surface area contributed by atoms with Crippen LogP contribution in [0.15, 0.2) is 65.6 Å². The summed E-state index contributed by atoms with van der Waals surface area (Å²) < 4.78 is 48.5. The minimum absolute atomic E-state index is 0.0275. The highest BCUT2D eigenvalue weighted by Crippen LogP contribution is 2.43. The summed E-state index contributed by atoms with van der Waals surface area (Å²) >= 11 is 6.11. The second kappa shape index (κ2) is 12.6. The van der Waals surface area contributed by atoms with Crippen molar-refractivity contribution < 1.29 is 32.6 Å². The molecule has 1 spiro atoms. The van der Waals surface area contributed by atoms with Gasteiger partial charge in [0.1, 0.15) is 17.9 Å². The number of carbonyl (C=O) groups excluding carboxylic acids is 2. The summed E-state index contributed by atoms with van der Waals surface area (Å²) in [5.41, 5.74) is -0.272. The van der Waals surface area contributed by atoms with Crippen molar-refractivity contribution in [2.45, 2.75) is 51.1 Å². The van der Waals surface area contributed by atoms with Crippen LogP contribution >= 0.6 is 11.6 Å². The minimum atomic E-state index is -4.61. The number of anilines is 1. The van der Waals surface area contributed by atoms with Crippen molar-refractivity contribution in [1.82, 2.24) is 29.0 Å². The predicted molar refractivity (Wildman–Crippen MR) is 175 cm³/mol. The van der Waals surface area contributed by atoms with E-state index in [2.05, 4.69) is 20.4 Å². The number of ether oxygens (including phenoxy) is 1. The van der Waals surface area contributed by atoms with E-state index in [9.17, 15) is 32.7 Å². The number of nitrogens with one attached hydrogen (secondary N) is 1. The number of carbonyl (C=O) groups is 2. The predicted octanol–water partition coefficient (Wildman–Crippen LogP) is 5.19. The summed E-state index contributed by atoms with van der Waals surface area (Å²) in [5, 5.41) is 17.0. The number of fused-ring (bicyclic) bond motifs is 3. The van der Waals surface area contributed by atoms with E-state index in [1.165, 1.54) is 27.8 Å². The van der Waals surface area contributed by atoms with E-state index in [4.69, 9.17) is 16.3 Å². The molecule has 0 bridgehead atoms. The van der Waals surface area contributed by atoms with Crippen molar-refractivity contribution in [3.63, 3.8) is 0 Å². The van der Waals surface area contributed by atoms with Gasteiger partial charge in [-0.05, 0) is 55.2 Å². The molecule has 1 fully saturated rings. The van der Waals surface area contributed by atoms with E-state index in [0.717, 1.165) is 34.7 Å². The summed E-state index contributed by atoms with van der Waals surface area (Å²) in [6.07, 6.45) is -1.92. The molecule has 7 rings (SSSR count). The molecule has 2 aliphatic rings. The SMILES string of the molecule is CCc1ccc(-c2nc3n(CC(=O)Nc4ccc(C(F)(F)F)cc4Cl)c4c(c(=O)n3n2)C2(CCN(C(=O)c3ncccc3O)CC2)OC4)cc1. The largest absolute Gasteiger partial charge is 0.505 e. The lowest BCUT2D eigenvalue weighted by Gasteiger charge is -2.38. The van der Waals surface area contributed by atoms with Crippen LogP contribution in [0.1, 0.15) is 52.6 Å². The Hall–Kier alpha value is -5.28. The van der Waals surface area contributed by atoms with E-state index in [1.807, 2.05) is 31.2 Å². The van der Waals surface area contributed by atoms with Crippen LogP contribution in [0.2, 0.25) is 5.02 Å². The third-order valence-corrected chi connectivity index (χ3v) is 9.45. The first kappa shape index (κ1) is 33.2. The fourth-order valence-corrected chi connectivity index (χ4v) is 6.70. The number of benzene rings is 2. The third kappa shape index (κ3) is 5.85. The number of piperidine rings is 1. The average Bonchev–Trinajstić information content (AvgIpc) is 3.71. The first-order valence-corrected chi connectivity index (χ1v) is 16.1. The molecule has 2 aliphatic heterocycles. The molecule has 1 saturated heterocycles. The van der Waals surface area contributed by atoms with Gasteiger partial charge < -0.3 is 24.6 Å². The maximum atomic E-state index is 14.2. The monoisotopic (exact) mass is 707 g/mol. The fourth-order valence-electron chi connectivity index (χ4n) is 6.47. The third-order valence-electron chi connectivity index (χ3n) is 9.13. The number of rotatable bonds is 6. The zero-order valence-electron chi connectivity index (χ0n) is 26.5. The lowest BCUT2D eigenvalue weighted by Crippen LogP contribution is -2.47. The van der Waals surface area contributed by atoms with Crippen molar-refractivity contribution in [1.29, 1.82) is 0 Å². The van der Waals surface area contributed by atoms with Gasteiger partial charge in [-0.25, -0.2) is 4.98 Å². The summed E-state index contributed by atoms with van der Waals surface area (Å²) in [5.74, 6) is -1.03. The number of halogens is 4. The molecule has 258 valence electrons. The van der Waals surface area contributed by atoms with Crippen molar-refractivity contribution in [3.05, 3.63) is 104 Å². The highest BCUT2D eigenvalue weighted by atomic mass is 35.5. The van der Waals surface area contributed by atoms with Crippen LogP contribution in [0.5, 0.6) is 5.75 Å². The Bertz CT molecular complexity index is 2210. The first-order chi connectivity index (χ1) is 23.9. The van der Waals surface area contributed by atoms with E-state index in [1.54, 1.807) is 0 Å². The number of aromatic hydroxyl groups is 1. The summed E-state index contributed by atoms with van der Waals surface area (Å²) in [6, 6.07) is 13.0. The lowest BCUT2D eigenvalue weighted by molar-refractivity contribution is -0.137. The van der Waals surface area contributed by atoms with Crippen LogP contribution in [0.25, 0.3) is 17.2 Å². The van der Waals surface area contributed by atoms with E-state index < -0.39 is 41.3 Å². The van der Waals surface area contributed by atoms with Crippen LogP contribution in [0.4, 0.5) is 18.9 Å². The molecular formula is C34H29ClF3N7O5. The molecule has 2 amide bonds. The van der Waals surface area contributed by atoms with E-state index in [0.29, 0.717) is 11.3 Å². The number of hydrogen-bond donors (Lipinski definition) is 2. The second-order valence-corrected chi connectivity index (χ2v) is 12.5. The fraction of sp³-hybridized carbons (Fsp3) is 0.294. The maximum absolute atomic E-state index is 14.2. The lowest BCUT2D eigenvalue weighted by atomic mass is 9.85. The average molecular weight is 708 g/mol. The molecule has 0 radical (unpaired) electrons. The van der Waals surface area contributed by atoms with Gasteiger partial charge in [0.2, 0.25) is 11.7 Å². The van der Waals surface area contributed by atoms with Crippen LogP contribution < -0.4 is 10.9 Å². The van der Waals surface area contributed by atoms with Gasteiger partial charge >= 0.3 is 6.18 Å². The van der Waals surface area contributed by atoms with Crippen LogP contribution in [0.3, 0.4) is 0 Å². The van der Waals surface area contributed by atoms with Crippen molar-refractivity contribution in [3.8, 4) is 17.1 Å². The highest BCUT2D eigenvalue weighted by Gasteiger charge is 2.48. The van der Waals surface area contributed by atoms with Gasteiger partial charge in [0.25, 0.3) is 11.5 Å². The Labute approximate surface area is 287 Å². The first-order valence-electron chi connectivity index (χ1n) is 15.7. The number of aryl methyl sites for hydroxylation is 1. The molecule has 3 aromatic heterocycles. The molecule has 12 nitrogen and oxygen atoms in total. The van der Waals surface area contributed by atoms with Crippen molar-refractivity contribution in [2.75, 3.05) is 18.4 Å². The minimum Gasteiger partial charge on any atom is -0.505 e. The Morgan fingerprint density at radius 3 is 2.50 bits per heavy atom. The van der Waals surface area contributed by atoms with E-state index in [-0.39, 0.29) is 71.9 Å². The Kier molecular flexibility index (Phi) is 8.34. The second-order valence-electron chi connectivity index (χ2n) is 12.1. The molecule has 2 aromatic carbocycles. The number of aromatic nitrogens is 5. The number of likely N-dealkylation sites (tertiary alicyclic amines) is 1. The molecule has 0 saturated carbocycles. The van der Waals surface area contributed by atoms with Crippen LogP contribution in [0, 0.1) is 0 Å². The van der Waals surface area contributed by atoms with E-state index >= 15 is 0 Å². The molecule has 0 unspecified atom stereocenters. The molecule has 16 heteroatoms. The number of alkyl halides is 3. The zero-order chi connectivity index (χ0) is 35.4. The van der Waals surface area contributed by atoms with Crippen LogP contribution in [-0.2, 0) is 40.9 Å². The number of amides is 2. The van der Waals surface area contributed by atoms with Crippen molar-refractivity contribution >= 4 is 34.9 Å². The van der Waals surface area contributed by atoms with Gasteiger partial charge in [-0.1, -0.05) is 42.8 Å². The number of pyridine rings is 1. The van der Waals surface area contributed by atoms with Gasteiger partial charge in [-0.2, -0.15) is 22.7 Å². The Morgan fingerprint density at radius 1 is 1.10 bits per heavy atom. The van der Waals surface area contributed by atoms with Gasteiger partial charge in [0.15, 0.2) is 11.5 Å². The van der Waals surface area contributed by atoms with Crippen molar-refractivity contribution in [2.24, 2.45) is 0 Å². The molecule has 5 aromatic rings.